The van der Waals surface area contributed by atoms with Gasteiger partial charge in [0.1, 0.15) is 11.2 Å². The van der Waals surface area contributed by atoms with Gasteiger partial charge in [-0.3, -0.25) is 14.5 Å². The number of benzene rings is 1. The lowest BCUT2D eigenvalue weighted by Gasteiger charge is -2.71. The van der Waals surface area contributed by atoms with Crippen molar-refractivity contribution in [1.82, 2.24) is 4.90 Å². The standard InChI is InChI=1S/C27H37NO4/c1-6-32-24(30)27(23(29)12-9-17-7-8-17)16-26(3)21-13-18-10-11-19(31-5)14-20(18)25(26,2)15-22(27)28(21)4/h10-11,14,17,21-22H,6-9,12-13,15-16H2,1-5H3. The number of likely N-dealkylation sites (N-methyl/N-ethyl adjacent to an activating group) is 1. The number of nitrogens with zero attached hydrogens (tertiary/aromatic N) is 1. The molecular formula is C27H37NO4. The quantitative estimate of drug-likeness (QED) is 0.468. The lowest BCUT2D eigenvalue weighted by Crippen LogP contribution is -2.78. The average Bonchev–Trinajstić information content (AvgIpc) is 3.60. The number of rotatable bonds is 7. The summed E-state index contributed by atoms with van der Waals surface area (Å²) >= 11 is 0. The highest BCUT2D eigenvalue weighted by molar-refractivity contribution is 6.05. The van der Waals surface area contributed by atoms with Crippen LogP contribution in [0.15, 0.2) is 18.2 Å². The third-order valence-electron chi connectivity index (χ3n) is 9.73. The van der Waals surface area contributed by atoms with Crippen molar-refractivity contribution in [1.29, 1.82) is 0 Å². The van der Waals surface area contributed by atoms with Crippen LogP contribution in [0.5, 0.6) is 5.75 Å². The van der Waals surface area contributed by atoms with Gasteiger partial charge in [0.05, 0.1) is 13.7 Å². The molecule has 5 nitrogen and oxygen atoms in total. The van der Waals surface area contributed by atoms with E-state index < -0.39 is 5.41 Å². The topological polar surface area (TPSA) is 55.8 Å². The van der Waals surface area contributed by atoms with E-state index in [1.807, 2.05) is 13.0 Å². The van der Waals surface area contributed by atoms with Crippen LogP contribution in [0.3, 0.4) is 0 Å². The summed E-state index contributed by atoms with van der Waals surface area (Å²) in [5.74, 6) is 1.36. The third kappa shape index (κ3) is 2.79. The van der Waals surface area contributed by atoms with Gasteiger partial charge in [0.15, 0.2) is 5.78 Å². The Morgan fingerprint density at radius 2 is 1.94 bits per heavy atom. The SMILES string of the molecule is CCOC(=O)C1(C(=O)CCC2CC2)CC2(C)C3Cc4ccc(OC)cc4C2(C)CC1N3C. The monoisotopic (exact) mass is 439 g/mol. The Morgan fingerprint density at radius 3 is 2.59 bits per heavy atom. The van der Waals surface area contributed by atoms with Crippen LogP contribution in [-0.2, 0) is 26.2 Å². The molecule has 0 aromatic heterocycles. The van der Waals surface area contributed by atoms with Crippen LogP contribution in [0, 0.1) is 16.7 Å². The van der Waals surface area contributed by atoms with Gasteiger partial charge < -0.3 is 9.47 Å². The second kappa shape index (κ2) is 7.31. The summed E-state index contributed by atoms with van der Waals surface area (Å²) in [5.41, 5.74) is 1.31. The molecule has 0 radical (unpaired) electrons. The van der Waals surface area contributed by atoms with Crippen LogP contribution < -0.4 is 4.74 Å². The van der Waals surface area contributed by atoms with Crippen LogP contribution in [0.2, 0.25) is 0 Å². The predicted molar refractivity (Wildman–Crippen MR) is 123 cm³/mol. The summed E-state index contributed by atoms with van der Waals surface area (Å²) in [7, 11) is 3.84. The van der Waals surface area contributed by atoms with Crippen LogP contribution in [-0.4, -0.2) is 49.5 Å². The lowest BCUT2D eigenvalue weighted by molar-refractivity contribution is -0.208. The summed E-state index contributed by atoms with van der Waals surface area (Å²) in [4.78, 5) is 29.8. The number of fused-ring (bicyclic) bond motifs is 2. The first-order valence-corrected chi connectivity index (χ1v) is 12.3. The van der Waals surface area contributed by atoms with Crippen molar-refractivity contribution in [3.8, 4) is 5.75 Å². The van der Waals surface area contributed by atoms with Crippen molar-refractivity contribution in [2.24, 2.45) is 16.7 Å². The first-order valence-electron chi connectivity index (χ1n) is 12.3. The molecule has 0 spiro atoms. The zero-order chi connectivity index (χ0) is 22.9. The molecule has 0 N–H and O–H groups in total. The first kappa shape index (κ1) is 21.9. The highest BCUT2D eigenvalue weighted by Crippen LogP contribution is 2.68. The smallest absolute Gasteiger partial charge is 0.321 e. The highest BCUT2D eigenvalue weighted by atomic mass is 16.5. The second-order valence-corrected chi connectivity index (χ2v) is 11.2. The van der Waals surface area contributed by atoms with Gasteiger partial charge in [-0.15, -0.1) is 0 Å². The molecule has 32 heavy (non-hydrogen) atoms. The molecule has 4 bridgehead atoms. The van der Waals surface area contributed by atoms with Gasteiger partial charge in [0.2, 0.25) is 0 Å². The van der Waals surface area contributed by atoms with Gasteiger partial charge in [-0.1, -0.05) is 32.8 Å². The molecule has 2 aliphatic heterocycles. The number of methoxy groups -OCH3 is 1. The molecule has 5 heteroatoms. The molecule has 5 unspecified atom stereocenters. The number of piperidine rings is 2. The lowest BCUT2D eigenvalue weighted by atomic mass is 9.39. The molecule has 6 rings (SSSR count). The molecular weight excluding hydrogens is 402 g/mol. The Bertz CT molecular complexity index is 955. The van der Waals surface area contributed by atoms with E-state index in [-0.39, 0.29) is 28.6 Å². The summed E-state index contributed by atoms with van der Waals surface area (Å²) in [6.45, 7) is 6.81. The van der Waals surface area contributed by atoms with Crippen molar-refractivity contribution >= 4 is 11.8 Å². The van der Waals surface area contributed by atoms with Crippen molar-refractivity contribution in [3.05, 3.63) is 29.3 Å². The fraction of sp³-hybridized carbons (Fsp3) is 0.704. The number of hydrogen-bond acceptors (Lipinski definition) is 5. The number of ether oxygens (including phenoxy) is 2. The van der Waals surface area contributed by atoms with E-state index >= 15 is 0 Å². The first-order chi connectivity index (χ1) is 15.2. The second-order valence-electron chi connectivity index (χ2n) is 11.2. The zero-order valence-electron chi connectivity index (χ0n) is 20.2. The Kier molecular flexibility index (Phi) is 5.01. The van der Waals surface area contributed by atoms with Gasteiger partial charge in [0, 0.05) is 23.9 Å². The Balaban J connectivity index is 1.60. The van der Waals surface area contributed by atoms with E-state index in [4.69, 9.17) is 9.47 Å². The number of carbonyl (C=O) groups is 2. The normalized spacial score (nSPS) is 37.7. The van der Waals surface area contributed by atoms with Crippen molar-refractivity contribution in [2.45, 2.75) is 83.2 Å². The minimum Gasteiger partial charge on any atom is -0.497 e. The largest absolute Gasteiger partial charge is 0.497 e. The van der Waals surface area contributed by atoms with E-state index in [2.05, 4.69) is 37.9 Å². The maximum Gasteiger partial charge on any atom is 0.321 e. The average molecular weight is 440 g/mol. The van der Waals surface area contributed by atoms with Gasteiger partial charge in [-0.25, -0.2) is 0 Å². The Labute approximate surface area is 191 Å². The molecule has 2 saturated heterocycles. The van der Waals surface area contributed by atoms with Gasteiger partial charge in [-0.05, 0) is 74.2 Å². The van der Waals surface area contributed by atoms with Crippen LogP contribution in [0.4, 0.5) is 0 Å². The molecule has 5 aliphatic rings. The summed E-state index contributed by atoms with van der Waals surface area (Å²) in [6.07, 6.45) is 6.15. The molecule has 2 heterocycles. The van der Waals surface area contributed by atoms with Gasteiger partial charge >= 0.3 is 5.97 Å². The van der Waals surface area contributed by atoms with Crippen LogP contribution in [0.1, 0.15) is 70.4 Å². The summed E-state index contributed by atoms with van der Waals surface area (Å²) in [6, 6.07) is 6.61. The van der Waals surface area contributed by atoms with Crippen LogP contribution in [0.25, 0.3) is 0 Å². The molecule has 4 fully saturated rings. The molecule has 1 aromatic rings. The van der Waals surface area contributed by atoms with Crippen molar-refractivity contribution in [3.63, 3.8) is 0 Å². The fourth-order valence-electron chi connectivity index (χ4n) is 7.53. The third-order valence-corrected chi connectivity index (χ3v) is 9.73. The Morgan fingerprint density at radius 1 is 1.19 bits per heavy atom. The minimum absolute atomic E-state index is 0.109. The molecule has 1 aromatic carbocycles. The van der Waals surface area contributed by atoms with E-state index in [1.54, 1.807) is 7.11 Å². The number of carbonyl (C=O) groups excluding carboxylic acids is 2. The number of hydrogen-bond donors (Lipinski definition) is 0. The van der Waals surface area contributed by atoms with E-state index in [0.717, 1.165) is 25.0 Å². The number of ketones is 1. The van der Waals surface area contributed by atoms with E-state index in [1.165, 1.54) is 24.0 Å². The highest BCUT2D eigenvalue weighted by Gasteiger charge is 2.73. The summed E-state index contributed by atoms with van der Waals surface area (Å²) < 4.78 is 11.2. The van der Waals surface area contributed by atoms with Crippen molar-refractivity contribution in [2.75, 3.05) is 20.8 Å². The fourth-order valence-corrected chi connectivity index (χ4v) is 7.53. The molecule has 174 valence electrons. The maximum atomic E-state index is 13.9. The van der Waals surface area contributed by atoms with E-state index in [9.17, 15) is 9.59 Å². The van der Waals surface area contributed by atoms with Gasteiger partial charge in [-0.2, -0.15) is 0 Å². The number of Topliss-reactive ketones (excluding diaryl/α,β-unsaturated/α-hetero) is 1. The Hall–Kier alpha value is -1.88. The van der Waals surface area contributed by atoms with E-state index in [0.29, 0.717) is 31.4 Å². The van der Waals surface area contributed by atoms with Crippen LogP contribution >= 0.6 is 0 Å². The van der Waals surface area contributed by atoms with Crippen molar-refractivity contribution < 1.29 is 19.1 Å². The number of esters is 1. The zero-order valence-corrected chi connectivity index (χ0v) is 20.2. The summed E-state index contributed by atoms with van der Waals surface area (Å²) in [5, 5.41) is 0. The molecule has 5 atom stereocenters. The minimum atomic E-state index is -1.05. The van der Waals surface area contributed by atoms with Gasteiger partial charge in [0.25, 0.3) is 0 Å². The predicted octanol–water partition coefficient (Wildman–Crippen LogP) is 4.30. The molecule has 3 aliphatic carbocycles. The molecule has 2 saturated carbocycles. The maximum absolute atomic E-state index is 13.9. The molecule has 0 amide bonds.